The van der Waals surface area contributed by atoms with E-state index in [0.717, 1.165) is 50.9 Å². The first-order valence-electron chi connectivity index (χ1n) is 7.56. The molecule has 2 heterocycles. The van der Waals surface area contributed by atoms with Crippen LogP contribution < -0.4 is 5.32 Å². The van der Waals surface area contributed by atoms with Crippen LogP contribution in [0.4, 0.5) is 0 Å². The molecule has 3 rings (SSSR count). The summed E-state index contributed by atoms with van der Waals surface area (Å²) in [6, 6.07) is 0. The Morgan fingerprint density at radius 1 is 1.47 bits per heavy atom. The number of aromatic nitrogens is 3. The van der Waals surface area contributed by atoms with E-state index in [4.69, 9.17) is 0 Å². The van der Waals surface area contributed by atoms with Gasteiger partial charge in [-0.05, 0) is 32.1 Å². The molecule has 5 heteroatoms. The van der Waals surface area contributed by atoms with Crippen molar-refractivity contribution in [2.45, 2.75) is 51.7 Å². The Hall–Kier alpha value is -0.940. The molecule has 1 N–H and O–H groups in total. The maximum absolute atomic E-state index is 4.46. The van der Waals surface area contributed by atoms with E-state index in [1.54, 1.807) is 6.33 Å². The lowest BCUT2D eigenvalue weighted by atomic mass is 9.91. The van der Waals surface area contributed by atoms with Gasteiger partial charge in [-0.2, -0.15) is 5.10 Å². The summed E-state index contributed by atoms with van der Waals surface area (Å²) >= 11 is 0. The highest BCUT2D eigenvalue weighted by Gasteiger charge is 2.46. The number of piperazine rings is 1. The average Bonchev–Trinajstić information content (AvgIpc) is 3.18. The van der Waals surface area contributed by atoms with Crippen molar-refractivity contribution in [1.82, 2.24) is 25.0 Å². The zero-order valence-electron chi connectivity index (χ0n) is 12.1. The minimum atomic E-state index is 0.307. The lowest BCUT2D eigenvalue weighted by molar-refractivity contribution is 0.0448. The monoisotopic (exact) mass is 263 g/mol. The highest BCUT2D eigenvalue weighted by Crippen LogP contribution is 2.43. The standard InChI is InChI=1S/C14H25N5/c1-3-7-19-13(16-11-17-19)9-18-8-6-15-10-14(18,2)12-4-5-12/h11-12,15H,3-10H2,1-2H3. The summed E-state index contributed by atoms with van der Waals surface area (Å²) < 4.78 is 2.06. The molecule has 0 amide bonds. The molecule has 1 aromatic heterocycles. The van der Waals surface area contributed by atoms with Crippen molar-refractivity contribution >= 4 is 0 Å². The second-order valence-corrected chi connectivity index (χ2v) is 6.13. The van der Waals surface area contributed by atoms with Gasteiger partial charge in [-0.3, -0.25) is 4.90 Å². The molecule has 1 saturated heterocycles. The predicted octanol–water partition coefficient (Wildman–Crippen LogP) is 1.26. The van der Waals surface area contributed by atoms with Crippen molar-refractivity contribution in [2.24, 2.45) is 5.92 Å². The summed E-state index contributed by atoms with van der Waals surface area (Å²) in [5, 5.41) is 7.90. The Bertz CT molecular complexity index is 425. The van der Waals surface area contributed by atoms with Crippen LogP contribution in [0.15, 0.2) is 6.33 Å². The van der Waals surface area contributed by atoms with E-state index in [9.17, 15) is 0 Å². The predicted molar refractivity (Wildman–Crippen MR) is 74.7 cm³/mol. The first kappa shape index (κ1) is 13.1. The normalized spacial score (nSPS) is 28.7. The van der Waals surface area contributed by atoms with Gasteiger partial charge in [0.2, 0.25) is 0 Å². The van der Waals surface area contributed by atoms with Crippen molar-refractivity contribution < 1.29 is 0 Å². The molecule has 106 valence electrons. The number of nitrogens with one attached hydrogen (secondary N) is 1. The summed E-state index contributed by atoms with van der Waals surface area (Å²) in [4.78, 5) is 7.09. The molecule has 1 aromatic rings. The zero-order chi connectivity index (χ0) is 13.3. The molecule has 19 heavy (non-hydrogen) atoms. The van der Waals surface area contributed by atoms with Crippen LogP contribution in [0.1, 0.15) is 38.9 Å². The van der Waals surface area contributed by atoms with Crippen LogP contribution in [-0.2, 0) is 13.1 Å². The molecule has 0 radical (unpaired) electrons. The van der Waals surface area contributed by atoms with Gasteiger partial charge in [-0.1, -0.05) is 6.92 Å². The Balaban J connectivity index is 1.74. The maximum atomic E-state index is 4.46. The van der Waals surface area contributed by atoms with E-state index in [1.165, 1.54) is 12.8 Å². The summed E-state index contributed by atoms with van der Waals surface area (Å²) in [7, 11) is 0. The number of aryl methyl sites for hydroxylation is 1. The maximum Gasteiger partial charge on any atom is 0.141 e. The Morgan fingerprint density at radius 2 is 2.32 bits per heavy atom. The van der Waals surface area contributed by atoms with E-state index in [0.29, 0.717) is 5.54 Å². The highest BCUT2D eigenvalue weighted by molar-refractivity contribution is 5.04. The molecule has 5 nitrogen and oxygen atoms in total. The van der Waals surface area contributed by atoms with Crippen LogP contribution in [0.3, 0.4) is 0 Å². The van der Waals surface area contributed by atoms with Crippen LogP contribution in [-0.4, -0.2) is 44.8 Å². The van der Waals surface area contributed by atoms with Crippen molar-refractivity contribution in [3.8, 4) is 0 Å². The Labute approximate surface area is 115 Å². The van der Waals surface area contributed by atoms with Crippen LogP contribution in [0, 0.1) is 5.92 Å². The first-order valence-corrected chi connectivity index (χ1v) is 7.56. The highest BCUT2D eigenvalue weighted by atomic mass is 15.4. The van der Waals surface area contributed by atoms with Gasteiger partial charge in [0.15, 0.2) is 0 Å². The summed E-state index contributed by atoms with van der Waals surface area (Å²) in [6.45, 7) is 9.83. The van der Waals surface area contributed by atoms with E-state index in [2.05, 4.69) is 38.8 Å². The van der Waals surface area contributed by atoms with Crippen molar-refractivity contribution in [3.05, 3.63) is 12.2 Å². The molecular weight excluding hydrogens is 238 g/mol. The summed E-state index contributed by atoms with van der Waals surface area (Å²) in [5.74, 6) is 1.98. The first-order chi connectivity index (χ1) is 9.24. The Morgan fingerprint density at radius 3 is 3.05 bits per heavy atom. The van der Waals surface area contributed by atoms with Gasteiger partial charge >= 0.3 is 0 Å². The van der Waals surface area contributed by atoms with Crippen LogP contribution in [0.2, 0.25) is 0 Å². The van der Waals surface area contributed by atoms with Crippen molar-refractivity contribution in [2.75, 3.05) is 19.6 Å². The van der Waals surface area contributed by atoms with E-state index in [-0.39, 0.29) is 0 Å². The molecule has 1 aliphatic heterocycles. The third-order valence-electron chi connectivity index (χ3n) is 4.68. The number of nitrogens with zero attached hydrogens (tertiary/aromatic N) is 4. The number of hydrogen-bond donors (Lipinski definition) is 1. The smallest absolute Gasteiger partial charge is 0.141 e. The van der Waals surface area contributed by atoms with Gasteiger partial charge in [-0.15, -0.1) is 0 Å². The van der Waals surface area contributed by atoms with E-state index in [1.807, 2.05) is 0 Å². The Kier molecular flexibility index (Phi) is 3.58. The second kappa shape index (κ2) is 5.21. The SMILES string of the molecule is CCCn1ncnc1CN1CCNCC1(C)C1CC1. The van der Waals surface area contributed by atoms with Gasteiger partial charge in [0, 0.05) is 31.7 Å². The minimum absolute atomic E-state index is 0.307. The van der Waals surface area contributed by atoms with Crippen molar-refractivity contribution in [3.63, 3.8) is 0 Å². The second-order valence-electron chi connectivity index (χ2n) is 6.13. The lowest BCUT2D eigenvalue weighted by Gasteiger charge is -2.45. The fraction of sp³-hybridized carbons (Fsp3) is 0.857. The van der Waals surface area contributed by atoms with Crippen LogP contribution >= 0.6 is 0 Å². The number of hydrogen-bond acceptors (Lipinski definition) is 4. The van der Waals surface area contributed by atoms with Crippen LogP contribution in [0.25, 0.3) is 0 Å². The molecule has 0 bridgehead atoms. The summed E-state index contributed by atoms with van der Waals surface area (Å²) in [5.41, 5.74) is 0.307. The molecule has 1 atom stereocenters. The zero-order valence-corrected chi connectivity index (χ0v) is 12.1. The molecular formula is C14H25N5. The molecule has 2 fully saturated rings. The minimum Gasteiger partial charge on any atom is -0.314 e. The third kappa shape index (κ3) is 2.54. The fourth-order valence-corrected chi connectivity index (χ4v) is 3.27. The molecule has 1 aliphatic carbocycles. The largest absolute Gasteiger partial charge is 0.314 e. The van der Waals surface area contributed by atoms with Crippen molar-refractivity contribution in [1.29, 1.82) is 0 Å². The van der Waals surface area contributed by atoms with Crippen LogP contribution in [0.5, 0.6) is 0 Å². The molecule has 0 aromatic carbocycles. The van der Waals surface area contributed by atoms with Gasteiger partial charge in [-0.25, -0.2) is 9.67 Å². The van der Waals surface area contributed by atoms with Gasteiger partial charge in [0.1, 0.15) is 12.2 Å². The van der Waals surface area contributed by atoms with E-state index >= 15 is 0 Å². The van der Waals surface area contributed by atoms with Gasteiger partial charge < -0.3 is 5.32 Å². The molecule has 1 unspecified atom stereocenters. The fourth-order valence-electron chi connectivity index (χ4n) is 3.27. The molecule has 2 aliphatic rings. The number of rotatable bonds is 5. The quantitative estimate of drug-likeness (QED) is 0.869. The summed E-state index contributed by atoms with van der Waals surface area (Å²) in [6.07, 6.45) is 5.58. The average molecular weight is 263 g/mol. The van der Waals surface area contributed by atoms with E-state index < -0.39 is 0 Å². The topological polar surface area (TPSA) is 46.0 Å². The van der Waals surface area contributed by atoms with Gasteiger partial charge in [0.05, 0.1) is 6.54 Å². The third-order valence-corrected chi connectivity index (χ3v) is 4.68. The van der Waals surface area contributed by atoms with Gasteiger partial charge in [0.25, 0.3) is 0 Å². The lowest BCUT2D eigenvalue weighted by Crippen LogP contribution is -2.60. The molecule has 0 spiro atoms. The molecule has 1 saturated carbocycles.